The number of anilines is 1. The van der Waals surface area contributed by atoms with Crippen LogP contribution in [-0.2, 0) is 9.53 Å². The Hall–Kier alpha value is -3.02. The summed E-state index contributed by atoms with van der Waals surface area (Å²) in [5.74, 6) is 0.488. The molecule has 0 heterocycles. The van der Waals surface area contributed by atoms with Gasteiger partial charge in [0.05, 0.1) is 19.8 Å². The minimum absolute atomic E-state index is 0.319. The summed E-state index contributed by atoms with van der Waals surface area (Å²) < 4.78 is 15.4. The molecule has 0 spiro atoms. The van der Waals surface area contributed by atoms with Gasteiger partial charge < -0.3 is 19.5 Å². The van der Waals surface area contributed by atoms with Crippen molar-refractivity contribution in [3.8, 4) is 11.5 Å². The van der Waals surface area contributed by atoms with E-state index >= 15 is 0 Å². The van der Waals surface area contributed by atoms with Crippen molar-refractivity contribution >= 4 is 17.6 Å². The second-order valence-corrected chi connectivity index (χ2v) is 5.45. The molecule has 0 aliphatic rings. The molecule has 1 N–H and O–H groups in total. The van der Waals surface area contributed by atoms with Crippen LogP contribution in [0, 0.1) is 6.92 Å². The molecule has 6 nitrogen and oxygen atoms in total. The predicted molar refractivity (Wildman–Crippen MR) is 94.2 cm³/mol. The third-order valence-electron chi connectivity index (χ3n) is 3.66. The van der Waals surface area contributed by atoms with E-state index in [1.54, 1.807) is 56.5 Å². The third-order valence-corrected chi connectivity index (χ3v) is 3.66. The first kappa shape index (κ1) is 18.3. The van der Waals surface area contributed by atoms with Crippen molar-refractivity contribution in [2.45, 2.75) is 20.0 Å². The lowest BCUT2D eigenvalue weighted by molar-refractivity contribution is -0.122. The first-order chi connectivity index (χ1) is 11.9. The van der Waals surface area contributed by atoms with Crippen LogP contribution in [0.25, 0.3) is 0 Å². The number of esters is 1. The van der Waals surface area contributed by atoms with E-state index in [1.807, 2.05) is 6.92 Å². The average Bonchev–Trinajstić information content (AvgIpc) is 2.63. The summed E-state index contributed by atoms with van der Waals surface area (Å²) in [6.45, 7) is 3.49. The van der Waals surface area contributed by atoms with Crippen LogP contribution in [-0.4, -0.2) is 32.2 Å². The fraction of sp³-hybridized carbons (Fsp3) is 0.263. The molecule has 2 aromatic rings. The standard InChI is InChI=1S/C19H21NO5/c1-12-5-6-14(19(22)24-4)11-17(12)20-18(21)13(2)25-16-9-7-15(23-3)8-10-16/h5-11,13H,1-4H3,(H,20,21)/t13-/m1/s1. The molecule has 2 rings (SSSR count). The monoisotopic (exact) mass is 343 g/mol. The van der Waals surface area contributed by atoms with Crippen molar-refractivity contribution in [2.24, 2.45) is 0 Å². The van der Waals surface area contributed by atoms with Gasteiger partial charge >= 0.3 is 5.97 Å². The normalized spacial score (nSPS) is 11.4. The molecule has 0 fully saturated rings. The van der Waals surface area contributed by atoms with Crippen molar-refractivity contribution in [1.29, 1.82) is 0 Å². The van der Waals surface area contributed by atoms with E-state index in [4.69, 9.17) is 14.2 Å². The van der Waals surface area contributed by atoms with Crippen LogP contribution in [0.2, 0.25) is 0 Å². The highest BCUT2D eigenvalue weighted by Crippen LogP contribution is 2.20. The molecule has 0 unspecified atom stereocenters. The van der Waals surface area contributed by atoms with Crippen molar-refractivity contribution in [2.75, 3.05) is 19.5 Å². The molecule has 132 valence electrons. The SMILES string of the molecule is COC(=O)c1ccc(C)c(NC(=O)[C@@H](C)Oc2ccc(OC)cc2)c1. The zero-order chi connectivity index (χ0) is 18.4. The van der Waals surface area contributed by atoms with Gasteiger partial charge in [-0.05, 0) is 55.8 Å². The van der Waals surface area contributed by atoms with Crippen LogP contribution in [0.3, 0.4) is 0 Å². The Balaban J connectivity index is 2.06. The summed E-state index contributed by atoms with van der Waals surface area (Å²) >= 11 is 0. The molecule has 0 aliphatic carbocycles. The number of aryl methyl sites for hydroxylation is 1. The molecular weight excluding hydrogens is 322 g/mol. The minimum atomic E-state index is -0.713. The molecule has 0 saturated heterocycles. The van der Waals surface area contributed by atoms with E-state index in [0.717, 1.165) is 5.56 Å². The largest absolute Gasteiger partial charge is 0.497 e. The lowest BCUT2D eigenvalue weighted by atomic mass is 10.1. The van der Waals surface area contributed by atoms with Gasteiger partial charge in [0.25, 0.3) is 5.91 Å². The molecule has 6 heteroatoms. The van der Waals surface area contributed by atoms with Crippen LogP contribution >= 0.6 is 0 Å². The Labute approximate surface area is 146 Å². The average molecular weight is 343 g/mol. The van der Waals surface area contributed by atoms with Gasteiger partial charge in [0.1, 0.15) is 11.5 Å². The summed E-state index contributed by atoms with van der Waals surface area (Å²) in [6, 6.07) is 11.9. The summed E-state index contributed by atoms with van der Waals surface area (Å²) in [4.78, 5) is 24.0. The van der Waals surface area contributed by atoms with Gasteiger partial charge in [-0.15, -0.1) is 0 Å². The molecule has 2 aromatic carbocycles. The van der Waals surface area contributed by atoms with Crippen molar-refractivity contribution < 1.29 is 23.8 Å². The van der Waals surface area contributed by atoms with E-state index in [1.165, 1.54) is 7.11 Å². The third kappa shape index (κ3) is 4.73. The number of benzene rings is 2. The molecule has 0 radical (unpaired) electrons. The lowest BCUT2D eigenvalue weighted by Gasteiger charge is -2.16. The summed E-state index contributed by atoms with van der Waals surface area (Å²) in [5, 5.41) is 2.78. The van der Waals surface area contributed by atoms with E-state index in [0.29, 0.717) is 22.7 Å². The summed E-state index contributed by atoms with van der Waals surface area (Å²) in [7, 11) is 2.89. The molecule has 0 bridgehead atoms. The van der Waals surface area contributed by atoms with Gasteiger partial charge in [-0.2, -0.15) is 0 Å². The Morgan fingerprint density at radius 3 is 2.24 bits per heavy atom. The number of hydrogen-bond donors (Lipinski definition) is 1. The number of carbonyl (C=O) groups excluding carboxylic acids is 2. The van der Waals surface area contributed by atoms with Crippen molar-refractivity contribution in [3.63, 3.8) is 0 Å². The number of nitrogens with one attached hydrogen (secondary N) is 1. The maximum atomic E-state index is 12.4. The number of rotatable bonds is 6. The Kier molecular flexibility index (Phi) is 6.00. The maximum Gasteiger partial charge on any atom is 0.337 e. The number of ether oxygens (including phenoxy) is 3. The predicted octanol–water partition coefficient (Wildman–Crippen LogP) is 3.20. The highest BCUT2D eigenvalue weighted by atomic mass is 16.5. The quantitative estimate of drug-likeness (QED) is 0.816. The van der Waals surface area contributed by atoms with Crippen molar-refractivity contribution in [3.05, 3.63) is 53.6 Å². The van der Waals surface area contributed by atoms with E-state index in [2.05, 4.69) is 5.32 Å². The van der Waals surface area contributed by atoms with Gasteiger partial charge in [0, 0.05) is 5.69 Å². The Bertz CT molecular complexity index is 755. The topological polar surface area (TPSA) is 73.9 Å². The molecule has 1 amide bonds. The summed E-state index contributed by atoms with van der Waals surface area (Å²) in [6.07, 6.45) is -0.713. The smallest absolute Gasteiger partial charge is 0.337 e. The van der Waals surface area contributed by atoms with Crippen LogP contribution < -0.4 is 14.8 Å². The Morgan fingerprint density at radius 2 is 1.64 bits per heavy atom. The molecule has 25 heavy (non-hydrogen) atoms. The number of amides is 1. The zero-order valence-corrected chi connectivity index (χ0v) is 14.7. The number of methoxy groups -OCH3 is 2. The van der Waals surface area contributed by atoms with Crippen LogP contribution in [0.4, 0.5) is 5.69 Å². The van der Waals surface area contributed by atoms with Crippen LogP contribution in [0.1, 0.15) is 22.8 Å². The molecule has 1 atom stereocenters. The highest BCUT2D eigenvalue weighted by Gasteiger charge is 2.17. The van der Waals surface area contributed by atoms with Gasteiger partial charge in [-0.3, -0.25) is 4.79 Å². The molecule has 0 aromatic heterocycles. The van der Waals surface area contributed by atoms with Gasteiger partial charge in [-0.25, -0.2) is 4.79 Å². The van der Waals surface area contributed by atoms with Crippen molar-refractivity contribution in [1.82, 2.24) is 0 Å². The second-order valence-electron chi connectivity index (χ2n) is 5.45. The van der Waals surface area contributed by atoms with Gasteiger partial charge in [0.2, 0.25) is 0 Å². The van der Waals surface area contributed by atoms with E-state index < -0.39 is 12.1 Å². The zero-order valence-electron chi connectivity index (χ0n) is 14.7. The van der Waals surface area contributed by atoms with Crippen LogP contribution in [0.15, 0.2) is 42.5 Å². The number of hydrogen-bond acceptors (Lipinski definition) is 5. The lowest BCUT2D eigenvalue weighted by Crippen LogP contribution is -2.30. The number of carbonyl (C=O) groups is 2. The molecular formula is C19H21NO5. The second kappa shape index (κ2) is 8.19. The highest BCUT2D eigenvalue weighted by molar-refractivity contribution is 5.97. The minimum Gasteiger partial charge on any atom is -0.497 e. The fourth-order valence-corrected chi connectivity index (χ4v) is 2.15. The summed E-state index contributed by atoms with van der Waals surface area (Å²) in [5.41, 5.74) is 1.74. The fourth-order valence-electron chi connectivity index (χ4n) is 2.15. The molecule has 0 aliphatic heterocycles. The Morgan fingerprint density at radius 1 is 1.00 bits per heavy atom. The van der Waals surface area contributed by atoms with Gasteiger partial charge in [-0.1, -0.05) is 6.07 Å². The van der Waals surface area contributed by atoms with E-state index in [-0.39, 0.29) is 5.91 Å². The first-order valence-electron chi connectivity index (χ1n) is 7.75. The van der Waals surface area contributed by atoms with E-state index in [9.17, 15) is 9.59 Å². The first-order valence-corrected chi connectivity index (χ1v) is 7.75. The van der Waals surface area contributed by atoms with Gasteiger partial charge in [0.15, 0.2) is 6.10 Å². The maximum absolute atomic E-state index is 12.4. The molecule has 0 saturated carbocycles. The van der Waals surface area contributed by atoms with Crippen LogP contribution in [0.5, 0.6) is 11.5 Å².